The van der Waals surface area contributed by atoms with Gasteiger partial charge in [-0.2, -0.15) is 0 Å². The minimum Gasteiger partial charge on any atom is -0.454 e. The Labute approximate surface area is 133 Å². The predicted molar refractivity (Wildman–Crippen MR) is 85.8 cm³/mol. The van der Waals surface area contributed by atoms with E-state index in [4.69, 9.17) is 4.74 Å². The van der Waals surface area contributed by atoms with Crippen molar-refractivity contribution in [3.63, 3.8) is 0 Å². The first-order valence-corrected chi connectivity index (χ1v) is 7.76. The van der Waals surface area contributed by atoms with Gasteiger partial charge in [0.05, 0.1) is 5.69 Å². The Morgan fingerprint density at radius 3 is 2.68 bits per heavy atom. The fourth-order valence-electron chi connectivity index (χ4n) is 2.18. The number of ketones is 1. The summed E-state index contributed by atoms with van der Waals surface area (Å²) in [5.74, 6) is -0.731. The van der Waals surface area contributed by atoms with Crippen LogP contribution in [0, 0.1) is 20.8 Å². The molecule has 0 aliphatic rings. The van der Waals surface area contributed by atoms with Gasteiger partial charge in [0.15, 0.2) is 11.7 Å². The molecule has 0 spiro atoms. The number of esters is 1. The molecule has 0 fully saturated rings. The summed E-state index contributed by atoms with van der Waals surface area (Å²) in [5, 5.41) is 2.80. The molecule has 6 heteroatoms. The number of hydrogen-bond donors (Lipinski definition) is 0. The SMILES string of the molecule is C/C=C/C(=O)OCC(=O)c1cc(C)n(-c2nc(C)cs2)c1C. The molecule has 22 heavy (non-hydrogen) atoms. The van der Waals surface area contributed by atoms with Gasteiger partial charge in [-0.05, 0) is 33.8 Å². The number of rotatable bonds is 5. The topological polar surface area (TPSA) is 61.2 Å². The molecule has 0 aromatic carbocycles. The number of carbonyl (C=O) groups is 2. The second-order valence-corrected chi connectivity index (χ2v) is 5.76. The number of hydrogen-bond acceptors (Lipinski definition) is 5. The van der Waals surface area contributed by atoms with Crippen molar-refractivity contribution in [3.05, 3.63) is 46.2 Å². The first kappa shape index (κ1) is 16.2. The van der Waals surface area contributed by atoms with E-state index in [2.05, 4.69) is 4.98 Å². The average molecular weight is 318 g/mol. The quantitative estimate of drug-likeness (QED) is 0.483. The summed E-state index contributed by atoms with van der Waals surface area (Å²) in [7, 11) is 0. The van der Waals surface area contributed by atoms with Crippen LogP contribution < -0.4 is 0 Å². The Morgan fingerprint density at radius 2 is 2.09 bits per heavy atom. The van der Waals surface area contributed by atoms with E-state index in [1.165, 1.54) is 17.4 Å². The predicted octanol–water partition coefficient (Wildman–Crippen LogP) is 3.16. The van der Waals surface area contributed by atoms with E-state index >= 15 is 0 Å². The Hall–Kier alpha value is -2.21. The van der Waals surface area contributed by atoms with Gasteiger partial charge in [-0.3, -0.25) is 9.36 Å². The van der Waals surface area contributed by atoms with Crippen LogP contribution in [0.25, 0.3) is 5.13 Å². The number of ether oxygens (including phenoxy) is 1. The highest BCUT2D eigenvalue weighted by Gasteiger charge is 2.18. The highest BCUT2D eigenvalue weighted by molar-refractivity contribution is 7.12. The van der Waals surface area contributed by atoms with Crippen LogP contribution >= 0.6 is 11.3 Å². The normalized spacial score (nSPS) is 11.1. The summed E-state index contributed by atoms with van der Waals surface area (Å²) in [6.07, 6.45) is 2.86. The molecule has 2 aromatic rings. The van der Waals surface area contributed by atoms with Crippen LogP contribution in [-0.4, -0.2) is 27.9 Å². The van der Waals surface area contributed by atoms with Crippen LogP contribution in [0.15, 0.2) is 23.6 Å². The van der Waals surface area contributed by atoms with Gasteiger partial charge in [0.2, 0.25) is 5.78 Å². The summed E-state index contributed by atoms with van der Waals surface area (Å²) in [5.41, 5.74) is 3.23. The molecule has 0 unspecified atom stereocenters. The van der Waals surface area contributed by atoms with E-state index in [1.807, 2.05) is 30.7 Å². The lowest BCUT2D eigenvalue weighted by molar-refractivity contribution is -0.136. The maximum atomic E-state index is 12.2. The van der Waals surface area contributed by atoms with Crippen LogP contribution in [0.5, 0.6) is 0 Å². The molecule has 2 aromatic heterocycles. The molecule has 0 aliphatic carbocycles. The molecule has 0 N–H and O–H groups in total. The highest BCUT2D eigenvalue weighted by Crippen LogP contribution is 2.23. The lowest BCUT2D eigenvalue weighted by Crippen LogP contribution is -2.13. The Bertz CT molecular complexity index is 741. The van der Waals surface area contributed by atoms with Crippen LogP contribution in [-0.2, 0) is 9.53 Å². The third-order valence-electron chi connectivity index (χ3n) is 3.18. The molecule has 0 amide bonds. The molecule has 2 heterocycles. The fourth-order valence-corrected chi connectivity index (χ4v) is 3.09. The highest BCUT2D eigenvalue weighted by atomic mass is 32.1. The van der Waals surface area contributed by atoms with Crippen LogP contribution in [0.4, 0.5) is 0 Å². The maximum Gasteiger partial charge on any atom is 0.330 e. The van der Waals surface area contributed by atoms with Gasteiger partial charge in [-0.15, -0.1) is 11.3 Å². The summed E-state index contributed by atoms with van der Waals surface area (Å²) >= 11 is 1.53. The number of thiazole rings is 1. The van der Waals surface area contributed by atoms with E-state index < -0.39 is 5.97 Å². The van der Waals surface area contributed by atoms with Crippen molar-refractivity contribution in [3.8, 4) is 5.13 Å². The third-order valence-corrected chi connectivity index (χ3v) is 4.12. The fraction of sp³-hybridized carbons (Fsp3) is 0.312. The number of aromatic nitrogens is 2. The number of nitrogens with zero attached hydrogens (tertiary/aromatic N) is 2. The molecule has 0 saturated carbocycles. The zero-order valence-corrected chi connectivity index (χ0v) is 13.9. The Balaban J connectivity index is 2.23. The van der Waals surface area contributed by atoms with Crippen molar-refractivity contribution in [2.45, 2.75) is 27.7 Å². The van der Waals surface area contributed by atoms with Crippen LogP contribution in [0.2, 0.25) is 0 Å². The van der Waals surface area contributed by atoms with Crippen LogP contribution in [0.1, 0.15) is 34.4 Å². The molecule has 5 nitrogen and oxygen atoms in total. The summed E-state index contributed by atoms with van der Waals surface area (Å²) < 4.78 is 6.86. The Morgan fingerprint density at radius 1 is 1.36 bits per heavy atom. The first-order valence-electron chi connectivity index (χ1n) is 6.88. The lowest BCUT2D eigenvalue weighted by Gasteiger charge is -2.05. The largest absolute Gasteiger partial charge is 0.454 e. The average Bonchev–Trinajstić information content (AvgIpc) is 3.00. The molecule has 0 radical (unpaired) electrons. The van der Waals surface area contributed by atoms with Crippen LogP contribution in [0.3, 0.4) is 0 Å². The molecular weight excluding hydrogens is 300 g/mol. The molecule has 0 aliphatic heterocycles. The minimum atomic E-state index is -0.514. The minimum absolute atomic E-state index is 0.217. The van der Waals surface area contributed by atoms with E-state index in [0.29, 0.717) is 5.56 Å². The van der Waals surface area contributed by atoms with Gasteiger partial charge < -0.3 is 4.74 Å². The van der Waals surface area contributed by atoms with Gasteiger partial charge >= 0.3 is 5.97 Å². The first-order chi connectivity index (χ1) is 10.4. The molecule has 2 rings (SSSR count). The van der Waals surface area contributed by atoms with Crippen molar-refractivity contribution in [2.24, 2.45) is 0 Å². The van der Waals surface area contributed by atoms with Gasteiger partial charge in [0.1, 0.15) is 0 Å². The third kappa shape index (κ3) is 3.33. The molecule has 0 bridgehead atoms. The zero-order valence-electron chi connectivity index (χ0n) is 13.0. The zero-order chi connectivity index (χ0) is 16.3. The van der Waals surface area contributed by atoms with Crippen molar-refractivity contribution in [1.29, 1.82) is 0 Å². The second kappa shape index (κ2) is 6.70. The van der Waals surface area contributed by atoms with Gasteiger partial charge in [-0.25, -0.2) is 9.78 Å². The standard InChI is InChI=1S/C16H18N2O3S/c1-5-6-15(20)21-8-14(19)13-7-11(3)18(12(13)4)16-17-10(2)9-22-16/h5-7,9H,8H2,1-4H3/b6-5+. The summed E-state index contributed by atoms with van der Waals surface area (Å²) in [6, 6.07) is 1.80. The van der Waals surface area contributed by atoms with E-state index in [1.54, 1.807) is 19.1 Å². The van der Waals surface area contributed by atoms with E-state index in [0.717, 1.165) is 22.2 Å². The van der Waals surface area contributed by atoms with Crippen molar-refractivity contribution in [2.75, 3.05) is 6.61 Å². The number of Topliss-reactive ketones (excluding diaryl/α,β-unsaturated/α-hetero) is 1. The molecule has 116 valence electrons. The monoisotopic (exact) mass is 318 g/mol. The van der Waals surface area contributed by atoms with E-state index in [-0.39, 0.29) is 12.4 Å². The number of carbonyl (C=O) groups excluding carboxylic acids is 2. The van der Waals surface area contributed by atoms with Crippen molar-refractivity contribution >= 4 is 23.1 Å². The lowest BCUT2D eigenvalue weighted by atomic mass is 10.1. The maximum absolute atomic E-state index is 12.2. The van der Waals surface area contributed by atoms with Gasteiger partial charge in [0.25, 0.3) is 0 Å². The molecule has 0 atom stereocenters. The van der Waals surface area contributed by atoms with Crippen molar-refractivity contribution < 1.29 is 14.3 Å². The van der Waals surface area contributed by atoms with Gasteiger partial charge in [-0.1, -0.05) is 6.08 Å². The number of aryl methyl sites for hydroxylation is 2. The summed E-state index contributed by atoms with van der Waals surface area (Å²) in [4.78, 5) is 28.0. The molecule has 0 saturated heterocycles. The van der Waals surface area contributed by atoms with Gasteiger partial charge in [0, 0.05) is 28.4 Å². The second-order valence-electron chi connectivity index (χ2n) is 4.92. The van der Waals surface area contributed by atoms with E-state index in [9.17, 15) is 9.59 Å². The number of allylic oxidation sites excluding steroid dienone is 1. The smallest absolute Gasteiger partial charge is 0.330 e. The molecular formula is C16H18N2O3S. The summed E-state index contributed by atoms with van der Waals surface area (Å²) in [6.45, 7) is 7.18. The van der Waals surface area contributed by atoms with Crippen molar-refractivity contribution in [1.82, 2.24) is 9.55 Å². The Kier molecular flexibility index (Phi) is 4.92.